The number of nitrogens with zero attached hydrogens (tertiary/aromatic N) is 3. The molecule has 0 radical (unpaired) electrons. The molecule has 4 aromatic rings. The average molecular weight is 512 g/mol. The number of amides is 1. The zero-order valence-corrected chi connectivity index (χ0v) is 21.2. The highest BCUT2D eigenvalue weighted by Crippen LogP contribution is 2.35. The van der Waals surface area contributed by atoms with Crippen LogP contribution in [0.15, 0.2) is 42.6 Å². The number of aryl methyl sites for hydroxylation is 2. The first-order chi connectivity index (χ1) is 18.6. The van der Waals surface area contributed by atoms with Gasteiger partial charge in [0, 0.05) is 34.3 Å². The van der Waals surface area contributed by atoms with E-state index in [0.29, 0.717) is 41.7 Å². The molecular formula is C30H30FN5O2. The van der Waals surface area contributed by atoms with E-state index in [1.807, 2.05) is 24.3 Å². The molecule has 2 aromatic heterocycles. The van der Waals surface area contributed by atoms with Gasteiger partial charge in [0.05, 0.1) is 17.8 Å². The van der Waals surface area contributed by atoms with Crippen LogP contribution in [0.25, 0.3) is 33.4 Å². The Hall–Kier alpha value is -3.78. The predicted octanol–water partition coefficient (Wildman–Crippen LogP) is 4.90. The minimum Gasteiger partial charge on any atom is -0.491 e. The lowest BCUT2D eigenvalue weighted by Gasteiger charge is -2.25. The maximum atomic E-state index is 15.5. The summed E-state index contributed by atoms with van der Waals surface area (Å²) in [6.07, 6.45) is 8.41. The third kappa shape index (κ3) is 4.13. The number of halogens is 1. The number of benzene rings is 2. The minimum absolute atomic E-state index is 0.145. The van der Waals surface area contributed by atoms with Crippen molar-refractivity contribution in [1.29, 1.82) is 0 Å². The van der Waals surface area contributed by atoms with Crippen LogP contribution in [0.3, 0.4) is 0 Å². The Morgan fingerprint density at radius 2 is 1.79 bits per heavy atom. The largest absolute Gasteiger partial charge is 0.491 e. The van der Waals surface area contributed by atoms with Gasteiger partial charge in [0.25, 0.3) is 5.91 Å². The number of aromatic amines is 1. The van der Waals surface area contributed by atoms with Crippen LogP contribution in [0, 0.1) is 5.82 Å². The first kappa shape index (κ1) is 23.3. The van der Waals surface area contributed by atoms with Gasteiger partial charge in [0.15, 0.2) is 5.65 Å². The summed E-state index contributed by atoms with van der Waals surface area (Å²) in [5, 5.41) is 11.1. The molecule has 1 amide bonds. The minimum atomic E-state index is -0.209. The topological polar surface area (TPSA) is 83.1 Å². The van der Waals surface area contributed by atoms with E-state index in [2.05, 4.69) is 25.4 Å². The molecule has 2 N–H and O–H groups in total. The molecule has 1 saturated heterocycles. The SMILES string of the molecule is O=C1NCCOc2cc(-c3[nH]nc4ncc(-c5cc6c(cc5F)CCC(N5CCCC5)CC6)cc34)ccc21. The first-order valence-electron chi connectivity index (χ1n) is 13.6. The highest BCUT2D eigenvalue weighted by Gasteiger charge is 2.25. The maximum Gasteiger partial charge on any atom is 0.255 e. The summed E-state index contributed by atoms with van der Waals surface area (Å²) in [6.45, 7) is 3.27. The number of nitrogens with one attached hydrogen (secondary N) is 2. The van der Waals surface area contributed by atoms with Gasteiger partial charge in [0.2, 0.25) is 0 Å². The van der Waals surface area contributed by atoms with Crippen molar-refractivity contribution in [3.8, 4) is 28.1 Å². The van der Waals surface area contributed by atoms with Crippen LogP contribution in [-0.4, -0.2) is 58.3 Å². The van der Waals surface area contributed by atoms with E-state index >= 15 is 4.39 Å². The fraction of sp³-hybridized carbons (Fsp3) is 0.367. The summed E-state index contributed by atoms with van der Waals surface area (Å²) in [4.78, 5) is 19.5. The number of H-pyrrole nitrogens is 1. The number of aromatic nitrogens is 3. The van der Waals surface area contributed by atoms with Crippen molar-refractivity contribution in [3.05, 3.63) is 65.1 Å². The van der Waals surface area contributed by atoms with Crippen molar-refractivity contribution in [3.63, 3.8) is 0 Å². The summed E-state index contributed by atoms with van der Waals surface area (Å²) < 4.78 is 21.3. The Kier molecular flexibility index (Phi) is 5.84. The van der Waals surface area contributed by atoms with Crippen LogP contribution in [0.1, 0.15) is 47.2 Å². The van der Waals surface area contributed by atoms with Gasteiger partial charge in [-0.15, -0.1) is 0 Å². The first-order valence-corrected chi connectivity index (χ1v) is 13.6. The highest BCUT2D eigenvalue weighted by molar-refractivity contribution is 5.99. The molecule has 4 heterocycles. The number of hydrogen-bond acceptors (Lipinski definition) is 5. The molecule has 38 heavy (non-hydrogen) atoms. The average Bonchev–Trinajstić information content (AvgIpc) is 3.53. The Labute approximate surface area is 220 Å². The fourth-order valence-corrected chi connectivity index (χ4v) is 6.28. The molecule has 2 aromatic carbocycles. The lowest BCUT2D eigenvalue weighted by molar-refractivity contribution is 0.0957. The third-order valence-corrected chi connectivity index (χ3v) is 8.32. The smallest absolute Gasteiger partial charge is 0.255 e. The van der Waals surface area contributed by atoms with E-state index in [4.69, 9.17) is 4.74 Å². The Morgan fingerprint density at radius 1 is 0.974 bits per heavy atom. The van der Waals surface area contributed by atoms with E-state index < -0.39 is 0 Å². The molecule has 2 aliphatic heterocycles. The maximum absolute atomic E-state index is 15.5. The fourth-order valence-electron chi connectivity index (χ4n) is 6.28. The van der Waals surface area contributed by atoms with E-state index in [9.17, 15) is 4.79 Å². The van der Waals surface area contributed by atoms with Gasteiger partial charge in [-0.3, -0.25) is 9.89 Å². The Balaban J connectivity index is 1.23. The lowest BCUT2D eigenvalue weighted by atomic mass is 9.96. The van der Waals surface area contributed by atoms with Crippen LogP contribution in [0.5, 0.6) is 5.75 Å². The number of likely N-dealkylation sites (tertiary alicyclic amines) is 1. The van der Waals surface area contributed by atoms with Crippen LogP contribution < -0.4 is 10.1 Å². The van der Waals surface area contributed by atoms with E-state index in [-0.39, 0.29) is 11.7 Å². The van der Waals surface area contributed by atoms with Crippen LogP contribution in [0.4, 0.5) is 4.39 Å². The summed E-state index contributed by atoms with van der Waals surface area (Å²) >= 11 is 0. The van der Waals surface area contributed by atoms with Gasteiger partial charge in [0.1, 0.15) is 18.2 Å². The quantitative estimate of drug-likeness (QED) is 0.383. The van der Waals surface area contributed by atoms with Crippen LogP contribution >= 0.6 is 0 Å². The normalized spacial score (nSPS) is 19.8. The van der Waals surface area contributed by atoms with Gasteiger partial charge in [-0.05, 0) is 93.1 Å². The molecule has 1 unspecified atom stereocenters. The highest BCUT2D eigenvalue weighted by atomic mass is 19.1. The number of ether oxygens (including phenoxy) is 1. The van der Waals surface area contributed by atoms with E-state index in [1.54, 1.807) is 18.3 Å². The summed E-state index contributed by atoms with van der Waals surface area (Å²) in [5.74, 6) is 0.181. The number of pyridine rings is 1. The second kappa shape index (κ2) is 9.51. The molecule has 0 spiro atoms. The van der Waals surface area contributed by atoms with E-state index in [1.165, 1.54) is 31.5 Å². The Bertz CT molecular complexity index is 1540. The molecule has 0 saturated carbocycles. The van der Waals surface area contributed by atoms with Crippen molar-refractivity contribution in [2.45, 2.75) is 44.6 Å². The summed E-state index contributed by atoms with van der Waals surface area (Å²) in [6, 6.07) is 11.8. The number of fused-ring (bicyclic) bond motifs is 3. The van der Waals surface area contributed by atoms with Gasteiger partial charge < -0.3 is 15.0 Å². The van der Waals surface area contributed by atoms with Crippen molar-refractivity contribution >= 4 is 16.9 Å². The lowest BCUT2D eigenvalue weighted by Crippen LogP contribution is -2.32. The van der Waals surface area contributed by atoms with Crippen LogP contribution in [0.2, 0.25) is 0 Å². The molecule has 7 rings (SSSR count). The molecular weight excluding hydrogens is 481 g/mol. The monoisotopic (exact) mass is 511 g/mol. The van der Waals surface area contributed by atoms with Crippen LogP contribution in [-0.2, 0) is 12.8 Å². The molecule has 1 fully saturated rings. The van der Waals surface area contributed by atoms with Crippen molar-refractivity contribution < 1.29 is 13.9 Å². The number of carbonyl (C=O) groups is 1. The predicted molar refractivity (Wildman–Crippen MR) is 144 cm³/mol. The zero-order valence-electron chi connectivity index (χ0n) is 21.2. The summed E-state index contributed by atoms with van der Waals surface area (Å²) in [5.41, 5.74) is 6.34. The van der Waals surface area contributed by atoms with E-state index in [0.717, 1.165) is 53.5 Å². The van der Waals surface area contributed by atoms with Gasteiger partial charge in [-0.25, -0.2) is 9.37 Å². The standard InChI is InChI=1S/C30H30FN5O2/c31-26-15-19-4-7-22(36-10-1-2-11-36)6-3-18(19)13-24(26)21-14-25-28(34-35-29(25)33-17-21)20-5-8-23-27(16-20)38-12-9-32-30(23)37/h5,8,13-17,22H,1-4,6-7,9-12H2,(H,32,37)(H,33,34,35). The number of hydrogen-bond donors (Lipinski definition) is 2. The molecule has 7 nitrogen and oxygen atoms in total. The molecule has 0 bridgehead atoms. The van der Waals surface area contributed by atoms with Gasteiger partial charge in [-0.2, -0.15) is 5.10 Å². The second-order valence-electron chi connectivity index (χ2n) is 10.6. The third-order valence-electron chi connectivity index (χ3n) is 8.32. The van der Waals surface area contributed by atoms with Crippen molar-refractivity contribution in [2.24, 2.45) is 0 Å². The molecule has 194 valence electrons. The second-order valence-corrected chi connectivity index (χ2v) is 10.6. The number of rotatable bonds is 3. The van der Waals surface area contributed by atoms with Crippen molar-refractivity contribution in [1.82, 2.24) is 25.4 Å². The molecule has 1 atom stereocenters. The molecule has 3 aliphatic rings. The summed E-state index contributed by atoms with van der Waals surface area (Å²) in [7, 11) is 0. The molecule has 1 aliphatic carbocycles. The zero-order chi connectivity index (χ0) is 25.6. The van der Waals surface area contributed by atoms with Gasteiger partial charge >= 0.3 is 0 Å². The van der Waals surface area contributed by atoms with Crippen molar-refractivity contribution in [2.75, 3.05) is 26.2 Å². The molecule has 8 heteroatoms. The Morgan fingerprint density at radius 3 is 2.63 bits per heavy atom. The number of carbonyl (C=O) groups excluding carboxylic acids is 1. The van der Waals surface area contributed by atoms with Gasteiger partial charge in [-0.1, -0.05) is 6.07 Å².